The third-order valence-corrected chi connectivity index (χ3v) is 5.15. The van der Waals surface area contributed by atoms with E-state index in [1.807, 2.05) is 0 Å². The molecule has 0 radical (unpaired) electrons. The number of alkyl halides is 3. The molecule has 0 spiro atoms. The number of hydrogen-bond donors (Lipinski definition) is 0. The largest absolute Gasteiger partial charge is 0.741 e. The van der Waals surface area contributed by atoms with Gasteiger partial charge >= 0.3 is 5.51 Å². The first kappa shape index (κ1) is 27.8. The van der Waals surface area contributed by atoms with E-state index in [1.54, 1.807) is 0 Å². The predicted molar refractivity (Wildman–Crippen MR) is 108 cm³/mol. The number of rotatable bonds is 13. The number of aryl methyl sites for hydroxylation is 2. The minimum Gasteiger partial charge on any atom is -0.741 e. The van der Waals surface area contributed by atoms with E-state index < -0.39 is 15.6 Å². The summed E-state index contributed by atoms with van der Waals surface area (Å²) in [6, 6.07) is 4.59. The van der Waals surface area contributed by atoms with Crippen LogP contribution in [0.5, 0.6) is 0 Å². The number of halogens is 3. The second-order valence-corrected chi connectivity index (χ2v) is 8.65. The first-order valence-electron chi connectivity index (χ1n) is 10.6. The molecule has 1 aromatic heterocycles. The molecule has 0 aromatic carbocycles. The Morgan fingerprint density at radius 3 is 1.66 bits per heavy atom. The Hall–Kier alpha value is -1.15. The van der Waals surface area contributed by atoms with Gasteiger partial charge in [-0.05, 0) is 24.8 Å². The molecule has 0 saturated heterocycles. The summed E-state index contributed by atoms with van der Waals surface area (Å²) in [5.41, 5.74) is -4.16. The lowest BCUT2D eigenvalue weighted by molar-refractivity contribution is -0.697. The van der Waals surface area contributed by atoms with Crippen LogP contribution in [-0.4, -0.2) is 18.5 Å². The molecular formula is C21H36F3NO3S. The number of aromatic nitrogens is 1. The molecule has 0 atom stereocenters. The minimum atomic E-state index is -6.09. The van der Waals surface area contributed by atoms with Crippen LogP contribution < -0.4 is 4.57 Å². The maximum absolute atomic E-state index is 10.7. The molecule has 0 saturated carbocycles. The van der Waals surface area contributed by atoms with Gasteiger partial charge in [0.1, 0.15) is 6.54 Å². The van der Waals surface area contributed by atoms with E-state index in [1.165, 1.54) is 89.2 Å². The van der Waals surface area contributed by atoms with E-state index in [4.69, 9.17) is 13.0 Å². The van der Waals surface area contributed by atoms with Crippen LogP contribution in [0.15, 0.2) is 24.5 Å². The van der Waals surface area contributed by atoms with Gasteiger partial charge in [-0.3, -0.25) is 0 Å². The standard InChI is InChI=1S/C20H36N.CHF3O3S/c1-3-5-7-8-9-10-11-12-13-17-21-18-15-20(16-19-21)14-6-4-2;2-1(3,4)8(5,6)7/h15-16,18-19H,3-14,17H2,1-2H3;(H,5,6,7)/q+1;/p-1. The van der Waals surface area contributed by atoms with Crippen molar-refractivity contribution in [1.82, 2.24) is 0 Å². The third-order valence-electron chi connectivity index (χ3n) is 4.58. The molecule has 0 fully saturated rings. The Balaban J connectivity index is 0.000000828. The first-order chi connectivity index (χ1) is 13.6. The highest BCUT2D eigenvalue weighted by Gasteiger charge is 2.36. The normalized spacial score (nSPS) is 11.8. The molecule has 0 aliphatic heterocycles. The summed E-state index contributed by atoms with van der Waals surface area (Å²) in [7, 11) is -6.09. The highest BCUT2D eigenvalue weighted by Crippen LogP contribution is 2.20. The summed E-state index contributed by atoms with van der Waals surface area (Å²) in [5.74, 6) is 0. The van der Waals surface area contributed by atoms with E-state index in [0.29, 0.717) is 0 Å². The van der Waals surface area contributed by atoms with E-state index in [-0.39, 0.29) is 0 Å². The van der Waals surface area contributed by atoms with E-state index in [0.717, 1.165) is 0 Å². The molecule has 8 heteroatoms. The lowest BCUT2D eigenvalue weighted by Gasteiger charge is -2.08. The van der Waals surface area contributed by atoms with Crippen LogP contribution in [0.1, 0.15) is 90.0 Å². The summed E-state index contributed by atoms with van der Waals surface area (Å²) < 4.78 is 61.2. The fraction of sp³-hybridized carbons (Fsp3) is 0.762. The Labute approximate surface area is 174 Å². The van der Waals surface area contributed by atoms with Crippen LogP contribution in [-0.2, 0) is 23.1 Å². The van der Waals surface area contributed by atoms with Crippen molar-refractivity contribution < 1.29 is 30.7 Å². The van der Waals surface area contributed by atoms with Crippen molar-refractivity contribution in [3.05, 3.63) is 30.1 Å². The van der Waals surface area contributed by atoms with Gasteiger partial charge in [-0.25, -0.2) is 13.0 Å². The summed E-state index contributed by atoms with van der Waals surface area (Å²) in [5, 5.41) is 0. The van der Waals surface area contributed by atoms with Gasteiger partial charge in [0.25, 0.3) is 0 Å². The van der Waals surface area contributed by atoms with Crippen LogP contribution in [0.4, 0.5) is 13.2 Å². The highest BCUT2D eigenvalue weighted by molar-refractivity contribution is 7.86. The van der Waals surface area contributed by atoms with Crippen molar-refractivity contribution in [3.63, 3.8) is 0 Å². The summed E-state index contributed by atoms with van der Waals surface area (Å²) in [4.78, 5) is 0. The van der Waals surface area contributed by atoms with Crippen molar-refractivity contribution in [2.24, 2.45) is 0 Å². The molecule has 0 aliphatic carbocycles. The lowest BCUT2D eigenvalue weighted by atomic mass is 10.1. The first-order valence-corrected chi connectivity index (χ1v) is 12.0. The molecule has 0 N–H and O–H groups in total. The van der Waals surface area contributed by atoms with E-state index in [9.17, 15) is 13.2 Å². The van der Waals surface area contributed by atoms with Crippen molar-refractivity contribution in [2.75, 3.05) is 0 Å². The van der Waals surface area contributed by atoms with Crippen molar-refractivity contribution in [1.29, 1.82) is 0 Å². The predicted octanol–water partition coefficient (Wildman–Crippen LogP) is 5.90. The quantitative estimate of drug-likeness (QED) is 0.166. The summed E-state index contributed by atoms with van der Waals surface area (Å²) in [6.07, 6.45) is 21.0. The molecule has 0 aliphatic rings. The lowest BCUT2D eigenvalue weighted by Crippen LogP contribution is -2.32. The number of hydrogen-bond acceptors (Lipinski definition) is 3. The van der Waals surface area contributed by atoms with Crippen LogP contribution in [0.2, 0.25) is 0 Å². The maximum Gasteiger partial charge on any atom is 0.485 e. The maximum atomic E-state index is 10.7. The molecular weight excluding hydrogens is 403 g/mol. The minimum absolute atomic E-state index is 1.18. The van der Waals surface area contributed by atoms with Crippen LogP contribution in [0, 0.1) is 0 Å². The summed E-state index contributed by atoms with van der Waals surface area (Å²) in [6.45, 7) is 5.73. The summed E-state index contributed by atoms with van der Waals surface area (Å²) >= 11 is 0. The van der Waals surface area contributed by atoms with Gasteiger partial charge in [-0.2, -0.15) is 13.2 Å². The van der Waals surface area contributed by atoms with Gasteiger partial charge in [-0.15, -0.1) is 0 Å². The van der Waals surface area contributed by atoms with Crippen LogP contribution in [0.3, 0.4) is 0 Å². The van der Waals surface area contributed by atoms with Gasteiger partial charge in [0.05, 0.1) is 0 Å². The average molecular weight is 440 g/mol. The monoisotopic (exact) mass is 439 g/mol. The Morgan fingerprint density at radius 1 is 0.828 bits per heavy atom. The molecule has 0 amide bonds. The van der Waals surface area contributed by atoms with Gasteiger partial charge in [0.2, 0.25) is 0 Å². The van der Waals surface area contributed by atoms with Crippen LogP contribution >= 0.6 is 0 Å². The number of pyridine rings is 1. The van der Waals surface area contributed by atoms with E-state index >= 15 is 0 Å². The van der Waals surface area contributed by atoms with Crippen molar-refractivity contribution >= 4 is 10.1 Å². The molecule has 1 aromatic rings. The smallest absolute Gasteiger partial charge is 0.485 e. The molecule has 0 bridgehead atoms. The van der Waals surface area contributed by atoms with Gasteiger partial charge in [-0.1, -0.05) is 65.2 Å². The fourth-order valence-electron chi connectivity index (χ4n) is 2.79. The van der Waals surface area contributed by atoms with Gasteiger partial charge in [0.15, 0.2) is 22.5 Å². The zero-order valence-electron chi connectivity index (χ0n) is 17.7. The Kier molecular flexibility index (Phi) is 15.0. The Morgan fingerprint density at radius 2 is 1.24 bits per heavy atom. The second kappa shape index (κ2) is 15.7. The molecule has 0 unspecified atom stereocenters. The van der Waals surface area contributed by atoms with Crippen LogP contribution in [0.25, 0.3) is 0 Å². The molecule has 29 heavy (non-hydrogen) atoms. The van der Waals surface area contributed by atoms with Crippen molar-refractivity contribution in [2.45, 2.75) is 103 Å². The Bertz CT molecular complexity index is 617. The highest BCUT2D eigenvalue weighted by atomic mass is 32.2. The second-order valence-electron chi connectivity index (χ2n) is 7.28. The average Bonchev–Trinajstić information content (AvgIpc) is 2.65. The molecule has 4 nitrogen and oxygen atoms in total. The van der Waals surface area contributed by atoms with E-state index in [2.05, 4.69) is 42.9 Å². The molecule has 1 rings (SSSR count). The van der Waals surface area contributed by atoms with Gasteiger partial charge < -0.3 is 4.55 Å². The fourth-order valence-corrected chi connectivity index (χ4v) is 2.79. The third kappa shape index (κ3) is 15.4. The zero-order chi connectivity index (χ0) is 22.2. The zero-order valence-corrected chi connectivity index (χ0v) is 18.5. The topological polar surface area (TPSA) is 61.1 Å². The molecule has 1 heterocycles. The van der Waals surface area contributed by atoms with Gasteiger partial charge in [0, 0.05) is 18.6 Å². The number of nitrogens with zero attached hydrogens (tertiary/aromatic N) is 1. The number of unbranched alkanes of at least 4 members (excludes halogenated alkanes) is 9. The van der Waals surface area contributed by atoms with Crippen molar-refractivity contribution in [3.8, 4) is 0 Å². The molecule has 170 valence electrons. The SMILES string of the molecule is CCCCCCCCCCC[n+]1ccc(CCCC)cc1.O=S(=O)([O-])C(F)(F)F.